The molecule has 0 atom stereocenters. The van der Waals surface area contributed by atoms with Gasteiger partial charge in [-0.3, -0.25) is 0 Å². The lowest BCUT2D eigenvalue weighted by Gasteiger charge is -2.06. The van der Waals surface area contributed by atoms with Gasteiger partial charge in [0, 0.05) is 0 Å². The van der Waals surface area contributed by atoms with E-state index < -0.39 is 0 Å². The molecule has 3 heteroatoms. The molecule has 19 heavy (non-hydrogen) atoms. The van der Waals surface area contributed by atoms with Crippen LogP contribution in [-0.2, 0) is 11.2 Å². The van der Waals surface area contributed by atoms with Crippen molar-refractivity contribution in [2.75, 3.05) is 6.61 Å². The second-order valence-corrected chi connectivity index (χ2v) is 4.61. The Labute approximate surface area is 118 Å². The van der Waals surface area contributed by atoms with Crippen LogP contribution in [0.1, 0.15) is 22.3 Å². The molecule has 0 aliphatic carbocycles. The maximum absolute atomic E-state index is 11.8. The van der Waals surface area contributed by atoms with Gasteiger partial charge in [0.2, 0.25) is 0 Å². The van der Waals surface area contributed by atoms with Crippen LogP contribution >= 0.6 is 11.6 Å². The minimum Gasteiger partial charge on any atom is -0.462 e. The van der Waals surface area contributed by atoms with Crippen LogP contribution in [0.25, 0.3) is 0 Å². The van der Waals surface area contributed by atoms with E-state index in [0.29, 0.717) is 17.2 Å². The first-order valence-electron chi connectivity index (χ1n) is 6.23. The van der Waals surface area contributed by atoms with Crippen molar-refractivity contribution in [2.24, 2.45) is 0 Å². The normalized spacial score (nSPS) is 10.2. The molecule has 2 rings (SSSR count). The van der Waals surface area contributed by atoms with Gasteiger partial charge in [-0.15, -0.1) is 0 Å². The third-order valence-corrected chi connectivity index (χ3v) is 3.11. The first kappa shape index (κ1) is 13.6. The van der Waals surface area contributed by atoms with Crippen LogP contribution < -0.4 is 0 Å². The van der Waals surface area contributed by atoms with Gasteiger partial charge in [0.05, 0.1) is 17.2 Å². The number of carbonyl (C=O) groups excluding carboxylic acids is 1. The first-order valence-corrected chi connectivity index (χ1v) is 6.61. The predicted molar refractivity (Wildman–Crippen MR) is 76.5 cm³/mol. The Kier molecular flexibility index (Phi) is 4.99. The number of carbonyl (C=O) groups is 1. The summed E-state index contributed by atoms with van der Waals surface area (Å²) in [5, 5.41) is 0.426. The quantitative estimate of drug-likeness (QED) is 0.605. The van der Waals surface area contributed by atoms with Gasteiger partial charge in [-0.25, -0.2) is 4.79 Å². The Morgan fingerprint density at radius 3 is 2.42 bits per heavy atom. The van der Waals surface area contributed by atoms with Crippen molar-refractivity contribution < 1.29 is 9.53 Å². The number of benzene rings is 2. The minimum absolute atomic E-state index is 0.362. The van der Waals surface area contributed by atoms with Gasteiger partial charge in [0.15, 0.2) is 0 Å². The highest BCUT2D eigenvalue weighted by Gasteiger charge is 2.10. The molecule has 2 nitrogen and oxygen atoms in total. The number of aryl methyl sites for hydroxylation is 1. The number of rotatable bonds is 5. The summed E-state index contributed by atoms with van der Waals surface area (Å²) in [6, 6.07) is 17.0. The Morgan fingerprint density at radius 1 is 1.00 bits per heavy atom. The zero-order chi connectivity index (χ0) is 13.5. The van der Waals surface area contributed by atoms with Crippen molar-refractivity contribution in [2.45, 2.75) is 12.8 Å². The standard InChI is InChI=1S/C16H15ClO2/c17-15-11-5-4-10-14(15)16(18)19-12-6-9-13-7-2-1-3-8-13/h1-5,7-8,10-11H,6,9,12H2. The smallest absolute Gasteiger partial charge is 0.339 e. The van der Waals surface area contributed by atoms with Crippen molar-refractivity contribution >= 4 is 17.6 Å². The zero-order valence-electron chi connectivity index (χ0n) is 10.5. The summed E-state index contributed by atoms with van der Waals surface area (Å²) in [4.78, 5) is 11.8. The van der Waals surface area contributed by atoms with E-state index in [-0.39, 0.29) is 5.97 Å². The summed E-state index contributed by atoms with van der Waals surface area (Å²) in [6.07, 6.45) is 1.71. The third-order valence-electron chi connectivity index (χ3n) is 2.78. The predicted octanol–water partition coefficient (Wildman–Crippen LogP) is 4.13. The van der Waals surface area contributed by atoms with E-state index in [1.165, 1.54) is 5.56 Å². The topological polar surface area (TPSA) is 26.3 Å². The highest BCUT2D eigenvalue weighted by Crippen LogP contribution is 2.16. The summed E-state index contributed by atoms with van der Waals surface area (Å²) in [5.74, 6) is -0.362. The molecule has 0 fully saturated rings. The molecule has 0 aromatic heterocycles. The lowest BCUT2D eigenvalue weighted by molar-refractivity contribution is 0.0501. The number of hydrogen-bond donors (Lipinski definition) is 0. The second kappa shape index (κ2) is 6.95. The van der Waals surface area contributed by atoms with Crippen molar-refractivity contribution in [1.29, 1.82) is 0 Å². The third kappa shape index (κ3) is 4.11. The average molecular weight is 275 g/mol. The fourth-order valence-corrected chi connectivity index (χ4v) is 2.00. The molecule has 0 amide bonds. The molecule has 2 aromatic rings. The van der Waals surface area contributed by atoms with Crippen LogP contribution in [0.2, 0.25) is 5.02 Å². The summed E-state index contributed by atoms with van der Waals surface area (Å²) in [7, 11) is 0. The fraction of sp³-hybridized carbons (Fsp3) is 0.188. The maximum Gasteiger partial charge on any atom is 0.339 e. The highest BCUT2D eigenvalue weighted by atomic mass is 35.5. The fourth-order valence-electron chi connectivity index (χ4n) is 1.79. The second-order valence-electron chi connectivity index (χ2n) is 4.20. The molecular weight excluding hydrogens is 260 g/mol. The molecule has 0 saturated heterocycles. The number of ether oxygens (including phenoxy) is 1. The van der Waals surface area contributed by atoms with Crippen LogP contribution in [0.5, 0.6) is 0 Å². The molecule has 0 N–H and O–H groups in total. The summed E-state index contributed by atoms with van der Waals surface area (Å²) < 4.78 is 5.21. The Morgan fingerprint density at radius 2 is 1.68 bits per heavy atom. The van der Waals surface area contributed by atoms with Crippen LogP contribution in [0.4, 0.5) is 0 Å². The minimum atomic E-state index is -0.362. The molecule has 98 valence electrons. The van der Waals surface area contributed by atoms with E-state index >= 15 is 0 Å². The number of hydrogen-bond acceptors (Lipinski definition) is 2. The van der Waals surface area contributed by atoms with Gasteiger partial charge in [-0.1, -0.05) is 54.1 Å². The van der Waals surface area contributed by atoms with Crippen LogP contribution in [0.3, 0.4) is 0 Å². The van der Waals surface area contributed by atoms with E-state index in [1.54, 1.807) is 24.3 Å². The number of halogens is 1. The molecule has 2 aromatic carbocycles. The molecular formula is C16H15ClO2. The van der Waals surface area contributed by atoms with Gasteiger partial charge in [0.1, 0.15) is 0 Å². The van der Waals surface area contributed by atoms with Crippen molar-refractivity contribution in [1.82, 2.24) is 0 Å². The average Bonchev–Trinajstić information content (AvgIpc) is 2.45. The summed E-state index contributed by atoms with van der Waals surface area (Å²) in [5.41, 5.74) is 1.67. The monoisotopic (exact) mass is 274 g/mol. The number of esters is 1. The van der Waals surface area contributed by atoms with Crippen molar-refractivity contribution in [3.63, 3.8) is 0 Å². The van der Waals surface area contributed by atoms with E-state index in [1.807, 2.05) is 18.2 Å². The van der Waals surface area contributed by atoms with Gasteiger partial charge in [0.25, 0.3) is 0 Å². The van der Waals surface area contributed by atoms with Crippen LogP contribution in [0, 0.1) is 0 Å². The molecule has 0 heterocycles. The van der Waals surface area contributed by atoms with Crippen molar-refractivity contribution in [3.05, 3.63) is 70.7 Å². The Hall–Kier alpha value is -1.80. The zero-order valence-corrected chi connectivity index (χ0v) is 11.3. The van der Waals surface area contributed by atoms with Crippen molar-refractivity contribution in [3.8, 4) is 0 Å². The Balaban J connectivity index is 1.77. The van der Waals surface area contributed by atoms with Gasteiger partial charge < -0.3 is 4.74 Å². The van der Waals surface area contributed by atoms with E-state index in [9.17, 15) is 4.79 Å². The lowest BCUT2D eigenvalue weighted by Crippen LogP contribution is -2.07. The summed E-state index contributed by atoms with van der Waals surface area (Å²) in [6.45, 7) is 0.402. The molecule has 0 bridgehead atoms. The van der Waals surface area contributed by atoms with E-state index in [0.717, 1.165) is 12.8 Å². The Bertz CT molecular complexity index is 537. The van der Waals surface area contributed by atoms with E-state index in [2.05, 4.69) is 12.1 Å². The van der Waals surface area contributed by atoms with Gasteiger partial charge >= 0.3 is 5.97 Å². The highest BCUT2D eigenvalue weighted by molar-refractivity contribution is 6.33. The lowest BCUT2D eigenvalue weighted by atomic mass is 10.1. The first-order chi connectivity index (χ1) is 9.27. The molecule has 0 spiro atoms. The van der Waals surface area contributed by atoms with Gasteiger partial charge in [-0.2, -0.15) is 0 Å². The van der Waals surface area contributed by atoms with Gasteiger partial charge in [-0.05, 0) is 30.5 Å². The molecule has 0 unspecified atom stereocenters. The molecule has 0 saturated carbocycles. The molecule has 0 aliphatic rings. The van der Waals surface area contributed by atoms with Crippen LogP contribution in [-0.4, -0.2) is 12.6 Å². The molecule has 0 radical (unpaired) electrons. The molecule has 0 aliphatic heterocycles. The van der Waals surface area contributed by atoms with Crippen LogP contribution in [0.15, 0.2) is 54.6 Å². The SMILES string of the molecule is O=C(OCCCc1ccccc1)c1ccccc1Cl. The maximum atomic E-state index is 11.8. The largest absolute Gasteiger partial charge is 0.462 e. The van der Waals surface area contributed by atoms with E-state index in [4.69, 9.17) is 16.3 Å². The summed E-state index contributed by atoms with van der Waals surface area (Å²) >= 11 is 5.93.